The Morgan fingerprint density at radius 1 is 0.374 bits per heavy atom. The standard InChI is InChI=1S/C80H141NO18/c1-3-5-7-9-11-13-15-17-19-21-23-25-27-29-30-31-32-34-36-38-40-42-44-46-48-50-52-54-56-58-68(86)81-63(64(85)57-55-53-51-49-47-45-43-41-39-37-35-33-28-26-24-22-20-18-16-14-12-10-8-6-4-2)62-94-78-74(92)71(89)76(66(60-83)96-78)99-80-75(93)72(90)77(67(61-84)97-80)98-79-73(91)70(88)69(87)65(59-82)95-79/h5,7,11,13,17,19,23,25,29-30,47,49,55,57,63-67,69-80,82-85,87-93H,3-4,6,8-10,12,14-16,18,20-22,24,26-28,31-46,48,50-54,56,58-62H2,1-2H3,(H,81,86)/b7-5-,13-11-,19-17-,25-23-,30-29-,49-47+,57-55+. The number of amides is 1. The molecule has 0 saturated carbocycles. The summed E-state index contributed by atoms with van der Waals surface area (Å²) in [5.41, 5.74) is 0. The van der Waals surface area contributed by atoms with Crippen LogP contribution in [-0.4, -0.2) is 193 Å². The second kappa shape index (κ2) is 60.3. The van der Waals surface area contributed by atoms with Gasteiger partial charge in [-0.15, -0.1) is 0 Å². The van der Waals surface area contributed by atoms with E-state index in [0.29, 0.717) is 12.8 Å². The monoisotopic (exact) mass is 1400 g/mol. The maximum absolute atomic E-state index is 13.5. The van der Waals surface area contributed by atoms with E-state index >= 15 is 0 Å². The van der Waals surface area contributed by atoms with Crippen LogP contribution in [0.2, 0.25) is 0 Å². The average molecular weight is 1400 g/mol. The van der Waals surface area contributed by atoms with Crippen LogP contribution in [-0.2, 0) is 33.2 Å². The molecule has 3 rings (SSSR count). The van der Waals surface area contributed by atoms with Gasteiger partial charge in [-0.25, -0.2) is 0 Å². The van der Waals surface area contributed by atoms with Crippen molar-refractivity contribution in [2.24, 2.45) is 0 Å². The molecule has 99 heavy (non-hydrogen) atoms. The first-order valence-corrected chi connectivity index (χ1v) is 39.3. The number of hydrogen-bond acceptors (Lipinski definition) is 18. The first-order chi connectivity index (χ1) is 48.3. The first kappa shape index (κ1) is 90.2. The summed E-state index contributed by atoms with van der Waals surface area (Å²) in [6.07, 6.45) is 52.8. The number of rotatable bonds is 61. The maximum Gasteiger partial charge on any atom is 0.220 e. The quantitative estimate of drug-likeness (QED) is 0.0199. The number of nitrogens with one attached hydrogen (secondary N) is 1. The van der Waals surface area contributed by atoms with Crippen LogP contribution in [0.25, 0.3) is 0 Å². The van der Waals surface area contributed by atoms with Crippen molar-refractivity contribution < 1.29 is 89.4 Å². The molecule has 19 heteroatoms. The number of unbranched alkanes of at least 4 members (excludes halogenated alkanes) is 33. The number of aliphatic hydroxyl groups excluding tert-OH is 11. The molecule has 3 aliphatic heterocycles. The van der Waals surface area contributed by atoms with Crippen molar-refractivity contribution in [2.75, 3.05) is 26.4 Å². The molecule has 1 amide bonds. The van der Waals surface area contributed by atoms with Crippen molar-refractivity contribution in [3.05, 3.63) is 85.1 Å². The average Bonchev–Trinajstić information content (AvgIpc) is 0.785. The van der Waals surface area contributed by atoms with Gasteiger partial charge in [0.25, 0.3) is 0 Å². The number of carbonyl (C=O) groups excluding carboxylic acids is 1. The van der Waals surface area contributed by atoms with Crippen molar-refractivity contribution in [2.45, 2.75) is 388 Å². The molecule has 0 aromatic carbocycles. The summed E-state index contributed by atoms with van der Waals surface area (Å²) in [5.74, 6) is -0.287. The van der Waals surface area contributed by atoms with Crippen LogP contribution < -0.4 is 5.32 Å². The van der Waals surface area contributed by atoms with E-state index in [1.54, 1.807) is 6.08 Å². The predicted octanol–water partition coefficient (Wildman–Crippen LogP) is 12.6. The second-order valence-electron chi connectivity index (χ2n) is 27.8. The summed E-state index contributed by atoms with van der Waals surface area (Å²) in [5, 5.41) is 121. The van der Waals surface area contributed by atoms with Gasteiger partial charge in [0.2, 0.25) is 5.91 Å². The number of carbonyl (C=O) groups is 1. The Morgan fingerprint density at radius 2 is 0.707 bits per heavy atom. The summed E-state index contributed by atoms with van der Waals surface area (Å²) in [6, 6.07) is -0.997. The molecular formula is C80H141NO18. The smallest absolute Gasteiger partial charge is 0.220 e. The highest BCUT2D eigenvalue weighted by molar-refractivity contribution is 5.76. The van der Waals surface area contributed by atoms with Gasteiger partial charge in [-0.1, -0.05) is 285 Å². The molecule has 3 fully saturated rings. The lowest BCUT2D eigenvalue weighted by Crippen LogP contribution is -2.66. The molecule has 0 aliphatic carbocycles. The zero-order chi connectivity index (χ0) is 71.8. The molecule has 17 unspecified atom stereocenters. The zero-order valence-corrected chi connectivity index (χ0v) is 61.2. The summed E-state index contributed by atoms with van der Waals surface area (Å²) < 4.78 is 34.4. The molecule has 17 atom stereocenters. The second-order valence-corrected chi connectivity index (χ2v) is 27.8. The van der Waals surface area contributed by atoms with Gasteiger partial charge in [-0.3, -0.25) is 4.79 Å². The molecule has 0 bridgehead atoms. The van der Waals surface area contributed by atoms with E-state index in [1.165, 1.54) is 167 Å². The van der Waals surface area contributed by atoms with Crippen LogP contribution in [0.15, 0.2) is 85.1 Å². The lowest BCUT2D eigenvalue weighted by atomic mass is 9.96. The molecule has 0 radical (unpaired) electrons. The van der Waals surface area contributed by atoms with Crippen molar-refractivity contribution in [1.82, 2.24) is 5.32 Å². The van der Waals surface area contributed by atoms with E-state index in [4.69, 9.17) is 28.4 Å². The number of aliphatic hydroxyl groups is 11. The summed E-state index contributed by atoms with van der Waals surface area (Å²) in [7, 11) is 0. The molecule has 0 aromatic heterocycles. The number of allylic oxidation sites excluding steroid dienone is 13. The minimum atomic E-state index is -1.98. The maximum atomic E-state index is 13.5. The van der Waals surface area contributed by atoms with Gasteiger partial charge in [0, 0.05) is 6.42 Å². The Morgan fingerprint density at radius 3 is 1.13 bits per heavy atom. The largest absolute Gasteiger partial charge is 0.394 e. The minimum absolute atomic E-state index is 0.230. The van der Waals surface area contributed by atoms with Crippen molar-refractivity contribution in [3.63, 3.8) is 0 Å². The first-order valence-electron chi connectivity index (χ1n) is 39.3. The lowest BCUT2D eigenvalue weighted by Gasteiger charge is -2.48. The fraction of sp³-hybridized carbons (Fsp3) is 0.812. The van der Waals surface area contributed by atoms with Gasteiger partial charge < -0.3 is 89.9 Å². The lowest BCUT2D eigenvalue weighted by molar-refractivity contribution is -0.379. The van der Waals surface area contributed by atoms with Gasteiger partial charge in [-0.2, -0.15) is 0 Å². The molecule has 12 N–H and O–H groups in total. The van der Waals surface area contributed by atoms with Crippen LogP contribution in [0.4, 0.5) is 0 Å². The molecule has 0 spiro atoms. The Bertz CT molecular complexity index is 2120. The third-order valence-electron chi connectivity index (χ3n) is 19.2. The van der Waals surface area contributed by atoms with Crippen LogP contribution in [0.5, 0.6) is 0 Å². The van der Waals surface area contributed by atoms with E-state index in [2.05, 4.69) is 92.1 Å². The molecule has 3 saturated heterocycles. The van der Waals surface area contributed by atoms with E-state index < -0.39 is 124 Å². The highest BCUT2D eigenvalue weighted by atomic mass is 16.8. The fourth-order valence-corrected chi connectivity index (χ4v) is 12.9. The van der Waals surface area contributed by atoms with Crippen LogP contribution in [0.3, 0.4) is 0 Å². The van der Waals surface area contributed by atoms with Crippen molar-refractivity contribution >= 4 is 5.91 Å². The molecular weight excluding hydrogens is 1260 g/mol. The molecule has 3 heterocycles. The van der Waals surface area contributed by atoms with E-state index in [-0.39, 0.29) is 18.9 Å². The van der Waals surface area contributed by atoms with Crippen LogP contribution in [0.1, 0.15) is 284 Å². The number of hydrogen-bond donors (Lipinski definition) is 12. The molecule has 19 nitrogen and oxygen atoms in total. The highest BCUT2D eigenvalue weighted by Crippen LogP contribution is 2.33. The highest BCUT2D eigenvalue weighted by Gasteiger charge is 2.53. The predicted molar refractivity (Wildman–Crippen MR) is 392 cm³/mol. The van der Waals surface area contributed by atoms with Gasteiger partial charge >= 0.3 is 0 Å². The summed E-state index contributed by atoms with van der Waals surface area (Å²) in [6.45, 7) is 1.63. The SMILES string of the molecule is CC/C=C\C/C=C\C/C=C\C/C=C\C/C=C\CCCCCCCCCCCCCCCC(=O)NC(COC1OC(CO)C(OC2OC(CO)C(OC3OC(CO)C(O)C(O)C3O)C(O)C2O)C(O)C1O)C(O)/C=C/CC/C=C/CCCCCCCCCCCCCCCCCCCCC. The summed E-state index contributed by atoms with van der Waals surface area (Å²) >= 11 is 0. The van der Waals surface area contributed by atoms with E-state index in [9.17, 15) is 61.0 Å². The third kappa shape index (κ3) is 40.7. The van der Waals surface area contributed by atoms with Gasteiger partial charge in [0.15, 0.2) is 18.9 Å². The summed E-state index contributed by atoms with van der Waals surface area (Å²) in [4.78, 5) is 13.5. The van der Waals surface area contributed by atoms with Crippen LogP contribution in [0, 0.1) is 0 Å². The van der Waals surface area contributed by atoms with Crippen molar-refractivity contribution in [1.29, 1.82) is 0 Å². The van der Waals surface area contributed by atoms with E-state index in [1.807, 2.05) is 6.08 Å². The van der Waals surface area contributed by atoms with E-state index in [0.717, 1.165) is 83.5 Å². The number of ether oxygens (including phenoxy) is 6. The molecule has 0 aromatic rings. The van der Waals surface area contributed by atoms with Crippen LogP contribution >= 0.6 is 0 Å². The third-order valence-corrected chi connectivity index (χ3v) is 19.2. The minimum Gasteiger partial charge on any atom is -0.394 e. The normalized spacial score (nSPS) is 27.1. The zero-order valence-electron chi connectivity index (χ0n) is 61.2. The van der Waals surface area contributed by atoms with Crippen molar-refractivity contribution in [3.8, 4) is 0 Å². The Kier molecular flexibility index (Phi) is 54.9. The van der Waals surface area contributed by atoms with Gasteiger partial charge in [0.1, 0.15) is 73.2 Å². The Hall–Kier alpha value is -3.03. The fourth-order valence-electron chi connectivity index (χ4n) is 12.9. The molecule has 3 aliphatic rings. The Labute approximate surface area is 597 Å². The van der Waals surface area contributed by atoms with Gasteiger partial charge in [-0.05, 0) is 77.0 Å². The topological polar surface area (TPSA) is 307 Å². The van der Waals surface area contributed by atoms with Gasteiger partial charge in [0.05, 0.1) is 38.6 Å². The Balaban J connectivity index is 1.40. The molecule has 574 valence electrons.